The highest BCUT2D eigenvalue weighted by atomic mass is 16.5. The summed E-state index contributed by atoms with van der Waals surface area (Å²) in [5.41, 5.74) is 0.630. The molecule has 132 valence electrons. The van der Waals surface area contributed by atoms with Gasteiger partial charge in [-0.15, -0.1) is 0 Å². The van der Waals surface area contributed by atoms with Crippen LogP contribution in [0.25, 0.3) is 0 Å². The Kier molecular flexibility index (Phi) is 8.05. The van der Waals surface area contributed by atoms with Gasteiger partial charge in [0, 0.05) is 25.1 Å². The molecule has 25 heavy (non-hydrogen) atoms. The minimum atomic E-state index is -0.112. The molecule has 0 atom stereocenters. The lowest BCUT2D eigenvalue weighted by Gasteiger charge is -2.08. The second-order valence-corrected chi connectivity index (χ2v) is 5.59. The molecular formula is C20H24N2O3. The zero-order chi connectivity index (χ0) is 17.7. The quantitative estimate of drug-likeness (QED) is 0.654. The Hall–Kier alpha value is -2.82. The van der Waals surface area contributed by atoms with Gasteiger partial charge in [0.15, 0.2) is 0 Å². The third-order valence-electron chi connectivity index (χ3n) is 3.56. The Bertz CT molecular complexity index is 645. The highest BCUT2D eigenvalue weighted by Gasteiger charge is 2.04. The SMILES string of the molecule is O=C(CCCNC(=O)c1ccccc1)NCCCOc1ccccc1. The maximum Gasteiger partial charge on any atom is 0.251 e. The van der Waals surface area contributed by atoms with Gasteiger partial charge in [-0.2, -0.15) is 0 Å². The predicted molar refractivity (Wildman–Crippen MR) is 97.6 cm³/mol. The van der Waals surface area contributed by atoms with Crippen LogP contribution in [0.1, 0.15) is 29.6 Å². The summed E-state index contributed by atoms with van der Waals surface area (Å²) in [6.07, 6.45) is 1.77. The molecular weight excluding hydrogens is 316 g/mol. The van der Waals surface area contributed by atoms with E-state index in [1.54, 1.807) is 12.1 Å². The van der Waals surface area contributed by atoms with Crippen molar-refractivity contribution in [2.75, 3.05) is 19.7 Å². The number of carbonyl (C=O) groups is 2. The van der Waals surface area contributed by atoms with Crippen molar-refractivity contribution in [1.29, 1.82) is 0 Å². The molecule has 0 unspecified atom stereocenters. The van der Waals surface area contributed by atoms with E-state index in [0.717, 1.165) is 12.2 Å². The molecule has 2 amide bonds. The van der Waals surface area contributed by atoms with E-state index < -0.39 is 0 Å². The van der Waals surface area contributed by atoms with Gasteiger partial charge >= 0.3 is 0 Å². The monoisotopic (exact) mass is 340 g/mol. The number of hydrogen-bond acceptors (Lipinski definition) is 3. The molecule has 0 spiro atoms. The van der Waals surface area contributed by atoms with Crippen LogP contribution in [0, 0.1) is 0 Å². The second kappa shape index (κ2) is 10.9. The van der Waals surface area contributed by atoms with Crippen molar-refractivity contribution in [3.63, 3.8) is 0 Å². The van der Waals surface area contributed by atoms with E-state index in [1.807, 2.05) is 48.5 Å². The molecule has 0 aliphatic heterocycles. The molecule has 5 heteroatoms. The van der Waals surface area contributed by atoms with Crippen LogP contribution in [0.5, 0.6) is 5.75 Å². The Morgan fingerprint density at radius 1 is 0.800 bits per heavy atom. The van der Waals surface area contributed by atoms with Gasteiger partial charge < -0.3 is 15.4 Å². The van der Waals surface area contributed by atoms with Gasteiger partial charge in [0.2, 0.25) is 5.91 Å². The number of amides is 2. The third kappa shape index (κ3) is 7.52. The molecule has 0 fully saturated rings. The Balaban J connectivity index is 1.48. The fourth-order valence-electron chi connectivity index (χ4n) is 2.24. The van der Waals surface area contributed by atoms with Crippen LogP contribution in [0.4, 0.5) is 0 Å². The van der Waals surface area contributed by atoms with Gasteiger partial charge in [0.25, 0.3) is 5.91 Å². The number of rotatable bonds is 10. The number of carbonyl (C=O) groups excluding carboxylic acids is 2. The fourth-order valence-corrected chi connectivity index (χ4v) is 2.24. The van der Waals surface area contributed by atoms with Crippen molar-refractivity contribution in [2.45, 2.75) is 19.3 Å². The summed E-state index contributed by atoms with van der Waals surface area (Å²) in [6, 6.07) is 18.6. The van der Waals surface area contributed by atoms with Crippen molar-refractivity contribution >= 4 is 11.8 Å². The third-order valence-corrected chi connectivity index (χ3v) is 3.56. The van der Waals surface area contributed by atoms with E-state index in [0.29, 0.717) is 38.1 Å². The molecule has 2 rings (SSSR count). The normalized spacial score (nSPS) is 10.1. The topological polar surface area (TPSA) is 67.4 Å². The minimum absolute atomic E-state index is 0.00586. The number of hydrogen-bond donors (Lipinski definition) is 2. The smallest absolute Gasteiger partial charge is 0.251 e. The highest BCUT2D eigenvalue weighted by molar-refractivity contribution is 5.94. The maximum absolute atomic E-state index is 11.8. The van der Waals surface area contributed by atoms with E-state index >= 15 is 0 Å². The fraction of sp³-hybridized carbons (Fsp3) is 0.300. The van der Waals surface area contributed by atoms with Crippen molar-refractivity contribution < 1.29 is 14.3 Å². The van der Waals surface area contributed by atoms with E-state index in [9.17, 15) is 9.59 Å². The van der Waals surface area contributed by atoms with E-state index in [4.69, 9.17) is 4.74 Å². The second-order valence-electron chi connectivity index (χ2n) is 5.59. The van der Waals surface area contributed by atoms with Crippen LogP contribution in [0.3, 0.4) is 0 Å². The highest BCUT2D eigenvalue weighted by Crippen LogP contribution is 2.08. The number of para-hydroxylation sites is 1. The van der Waals surface area contributed by atoms with Crippen molar-refractivity contribution in [1.82, 2.24) is 10.6 Å². The summed E-state index contributed by atoms with van der Waals surface area (Å²) in [5.74, 6) is 0.718. The predicted octanol–water partition coefficient (Wildman–Crippen LogP) is 2.78. The largest absolute Gasteiger partial charge is 0.494 e. The minimum Gasteiger partial charge on any atom is -0.494 e. The van der Waals surface area contributed by atoms with Crippen LogP contribution in [0.15, 0.2) is 60.7 Å². The zero-order valence-electron chi connectivity index (χ0n) is 14.2. The van der Waals surface area contributed by atoms with E-state index in [2.05, 4.69) is 10.6 Å². The Morgan fingerprint density at radius 3 is 2.16 bits per heavy atom. The standard InChI is InChI=1S/C20H24N2O3/c23-19(21-15-8-16-25-18-11-5-2-6-12-18)13-7-14-22-20(24)17-9-3-1-4-10-17/h1-6,9-12H,7-8,13-16H2,(H,21,23)(H,22,24). The first-order valence-electron chi connectivity index (χ1n) is 8.53. The average molecular weight is 340 g/mol. The summed E-state index contributed by atoms with van der Waals surface area (Å²) in [4.78, 5) is 23.6. The van der Waals surface area contributed by atoms with Crippen LogP contribution in [-0.2, 0) is 4.79 Å². The molecule has 0 aliphatic rings. The summed E-state index contributed by atoms with van der Waals surface area (Å²) in [6.45, 7) is 1.64. The lowest BCUT2D eigenvalue weighted by Crippen LogP contribution is -2.28. The van der Waals surface area contributed by atoms with Crippen molar-refractivity contribution in [3.8, 4) is 5.75 Å². The Labute approximate surface area is 148 Å². The summed E-state index contributed by atoms with van der Waals surface area (Å²) in [7, 11) is 0. The molecule has 0 heterocycles. The lowest BCUT2D eigenvalue weighted by molar-refractivity contribution is -0.121. The summed E-state index contributed by atoms with van der Waals surface area (Å²) >= 11 is 0. The van der Waals surface area contributed by atoms with E-state index in [-0.39, 0.29) is 11.8 Å². The number of nitrogens with one attached hydrogen (secondary N) is 2. The molecule has 0 aliphatic carbocycles. The maximum atomic E-state index is 11.8. The molecule has 0 saturated carbocycles. The first kappa shape index (κ1) is 18.5. The van der Waals surface area contributed by atoms with Gasteiger partial charge in [0.05, 0.1) is 6.61 Å². The first-order chi connectivity index (χ1) is 12.3. The van der Waals surface area contributed by atoms with Crippen LogP contribution >= 0.6 is 0 Å². The molecule has 2 aromatic carbocycles. The van der Waals surface area contributed by atoms with Crippen molar-refractivity contribution in [3.05, 3.63) is 66.2 Å². The summed E-state index contributed by atoms with van der Waals surface area (Å²) in [5, 5.41) is 5.67. The first-order valence-corrected chi connectivity index (χ1v) is 8.53. The molecule has 0 radical (unpaired) electrons. The molecule has 0 aromatic heterocycles. The number of ether oxygens (including phenoxy) is 1. The number of benzene rings is 2. The molecule has 5 nitrogen and oxygen atoms in total. The summed E-state index contributed by atoms with van der Waals surface area (Å²) < 4.78 is 5.56. The Morgan fingerprint density at radius 2 is 1.44 bits per heavy atom. The van der Waals surface area contributed by atoms with Gasteiger partial charge in [-0.25, -0.2) is 0 Å². The lowest BCUT2D eigenvalue weighted by atomic mass is 10.2. The molecule has 0 bridgehead atoms. The van der Waals surface area contributed by atoms with Gasteiger partial charge in [-0.1, -0.05) is 36.4 Å². The molecule has 2 aromatic rings. The zero-order valence-corrected chi connectivity index (χ0v) is 14.2. The molecule has 2 N–H and O–H groups in total. The van der Waals surface area contributed by atoms with Crippen LogP contribution < -0.4 is 15.4 Å². The van der Waals surface area contributed by atoms with Crippen LogP contribution in [-0.4, -0.2) is 31.5 Å². The van der Waals surface area contributed by atoms with Gasteiger partial charge in [0.1, 0.15) is 5.75 Å². The van der Waals surface area contributed by atoms with Crippen LogP contribution in [0.2, 0.25) is 0 Å². The molecule has 0 saturated heterocycles. The van der Waals surface area contributed by atoms with Crippen molar-refractivity contribution in [2.24, 2.45) is 0 Å². The van der Waals surface area contributed by atoms with E-state index in [1.165, 1.54) is 0 Å². The van der Waals surface area contributed by atoms with Gasteiger partial charge in [-0.05, 0) is 37.1 Å². The van der Waals surface area contributed by atoms with Gasteiger partial charge in [-0.3, -0.25) is 9.59 Å². The average Bonchev–Trinajstić information content (AvgIpc) is 2.66.